The number of nitrogens with zero attached hydrogens (tertiary/aromatic N) is 3. The first-order valence-corrected chi connectivity index (χ1v) is 6.49. The molecule has 2 aromatic rings. The minimum atomic E-state index is -1.71. The molecule has 0 spiro atoms. The zero-order valence-electron chi connectivity index (χ0n) is 11.1. The van der Waals surface area contributed by atoms with Crippen LogP contribution < -0.4 is 0 Å². The Hall–Kier alpha value is -2.58. The molecule has 116 valence electrons. The summed E-state index contributed by atoms with van der Waals surface area (Å²) in [7, 11) is 0. The van der Waals surface area contributed by atoms with E-state index in [2.05, 4.69) is 10.1 Å². The van der Waals surface area contributed by atoms with Gasteiger partial charge in [-0.1, -0.05) is 5.16 Å². The zero-order chi connectivity index (χ0) is 15.9. The van der Waals surface area contributed by atoms with Gasteiger partial charge >= 0.3 is 0 Å². The number of hydrogen-bond donors (Lipinski definition) is 1. The average Bonchev–Trinajstić information content (AvgIpc) is 3.19. The van der Waals surface area contributed by atoms with Gasteiger partial charge in [-0.15, -0.1) is 0 Å². The molecule has 0 radical (unpaired) electrons. The van der Waals surface area contributed by atoms with Crippen molar-refractivity contribution in [3.8, 4) is 17.2 Å². The first-order valence-electron chi connectivity index (χ1n) is 6.49. The molecule has 1 fully saturated rings. The van der Waals surface area contributed by atoms with Crippen molar-refractivity contribution in [2.45, 2.75) is 12.8 Å². The highest BCUT2D eigenvalue weighted by Gasteiger charge is 2.27. The Balaban J connectivity index is 1.96. The molecule has 6 nitrogen and oxygen atoms in total. The van der Waals surface area contributed by atoms with Gasteiger partial charge in [0, 0.05) is 13.1 Å². The second kappa shape index (κ2) is 5.32. The summed E-state index contributed by atoms with van der Waals surface area (Å²) in [6.45, 7) is 1.12. The second-order valence-electron chi connectivity index (χ2n) is 4.80. The summed E-state index contributed by atoms with van der Waals surface area (Å²) in [5, 5.41) is 12.6. The lowest BCUT2D eigenvalue weighted by molar-refractivity contribution is 0.0777. The van der Waals surface area contributed by atoms with Crippen molar-refractivity contribution in [1.82, 2.24) is 15.0 Å². The highest BCUT2D eigenvalue weighted by atomic mass is 19.2. The third kappa shape index (κ3) is 2.28. The monoisotopic (exact) mass is 313 g/mol. The molecule has 1 aliphatic rings. The van der Waals surface area contributed by atoms with Crippen LogP contribution in [0, 0.1) is 17.5 Å². The molecule has 1 aromatic carbocycles. The van der Waals surface area contributed by atoms with Crippen LogP contribution in [0.1, 0.15) is 23.5 Å². The number of hydrogen-bond acceptors (Lipinski definition) is 5. The van der Waals surface area contributed by atoms with Gasteiger partial charge in [-0.05, 0) is 18.9 Å². The highest BCUT2D eigenvalue weighted by Crippen LogP contribution is 2.31. The van der Waals surface area contributed by atoms with Crippen molar-refractivity contribution in [3.05, 3.63) is 29.3 Å². The SMILES string of the molecule is O=C(c1noc(-c2cc(F)c(F)c(O)c2F)n1)N1CCCC1. The van der Waals surface area contributed by atoms with Crippen molar-refractivity contribution >= 4 is 5.91 Å². The fourth-order valence-corrected chi connectivity index (χ4v) is 2.23. The normalized spacial score (nSPS) is 14.6. The predicted octanol–water partition coefficient (Wildman–Crippen LogP) is 2.10. The van der Waals surface area contributed by atoms with Crippen molar-refractivity contribution in [3.63, 3.8) is 0 Å². The number of halogens is 3. The number of amides is 1. The molecule has 22 heavy (non-hydrogen) atoms. The number of phenolic OH excluding ortho intramolecular Hbond substituents is 1. The molecule has 1 saturated heterocycles. The largest absolute Gasteiger partial charge is 0.503 e. The van der Waals surface area contributed by atoms with Gasteiger partial charge in [-0.3, -0.25) is 4.79 Å². The minimum absolute atomic E-state index is 0.305. The summed E-state index contributed by atoms with van der Waals surface area (Å²) in [6.07, 6.45) is 1.73. The van der Waals surface area contributed by atoms with Gasteiger partial charge in [0.05, 0.1) is 5.56 Å². The molecule has 3 rings (SSSR count). The lowest BCUT2D eigenvalue weighted by atomic mass is 10.2. The summed E-state index contributed by atoms with van der Waals surface area (Å²) < 4.78 is 44.8. The summed E-state index contributed by atoms with van der Waals surface area (Å²) in [5.74, 6) is -7.42. The van der Waals surface area contributed by atoms with Gasteiger partial charge in [-0.25, -0.2) is 8.78 Å². The van der Waals surface area contributed by atoms with Gasteiger partial charge < -0.3 is 14.5 Å². The lowest BCUT2D eigenvalue weighted by Gasteiger charge is -2.11. The van der Waals surface area contributed by atoms with Crippen LogP contribution in [-0.2, 0) is 0 Å². The molecule has 0 aliphatic carbocycles. The predicted molar refractivity (Wildman–Crippen MR) is 66.4 cm³/mol. The Morgan fingerprint density at radius 3 is 2.59 bits per heavy atom. The fourth-order valence-electron chi connectivity index (χ4n) is 2.23. The molecule has 1 N–H and O–H groups in total. The number of benzene rings is 1. The highest BCUT2D eigenvalue weighted by molar-refractivity contribution is 5.90. The molecule has 0 bridgehead atoms. The van der Waals surface area contributed by atoms with Crippen molar-refractivity contribution in [2.24, 2.45) is 0 Å². The van der Waals surface area contributed by atoms with Crippen LogP contribution in [0.4, 0.5) is 13.2 Å². The Morgan fingerprint density at radius 2 is 1.91 bits per heavy atom. The van der Waals surface area contributed by atoms with E-state index in [-0.39, 0.29) is 5.82 Å². The smallest absolute Gasteiger partial charge is 0.295 e. The van der Waals surface area contributed by atoms with Crippen LogP contribution in [-0.4, -0.2) is 39.1 Å². The van der Waals surface area contributed by atoms with Gasteiger partial charge in [0.2, 0.25) is 5.82 Å². The number of phenols is 1. The van der Waals surface area contributed by atoms with E-state index in [0.717, 1.165) is 12.8 Å². The summed E-state index contributed by atoms with van der Waals surface area (Å²) >= 11 is 0. The van der Waals surface area contributed by atoms with E-state index in [1.807, 2.05) is 0 Å². The Morgan fingerprint density at radius 1 is 1.23 bits per heavy atom. The summed E-state index contributed by atoms with van der Waals surface area (Å²) in [4.78, 5) is 17.2. The summed E-state index contributed by atoms with van der Waals surface area (Å²) in [6, 6.07) is 0.474. The van der Waals surface area contributed by atoms with Crippen molar-refractivity contribution < 1.29 is 27.6 Å². The molecule has 9 heteroatoms. The Labute approximate surface area is 122 Å². The van der Waals surface area contributed by atoms with Crippen molar-refractivity contribution in [1.29, 1.82) is 0 Å². The molecular weight excluding hydrogens is 303 g/mol. The van der Waals surface area contributed by atoms with E-state index in [1.165, 1.54) is 4.90 Å². The van der Waals surface area contributed by atoms with Gasteiger partial charge in [0.1, 0.15) is 0 Å². The van der Waals surface area contributed by atoms with Gasteiger partial charge in [0.15, 0.2) is 17.4 Å². The maximum absolute atomic E-state index is 13.8. The Kier molecular flexibility index (Phi) is 3.47. The molecule has 0 unspecified atom stereocenters. The van der Waals surface area contributed by atoms with Crippen LogP contribution in [0.5, 0.6) is 5.75 Å². The summed E-state index contributed by atoms with van der Waals surface area (Å²) in [5.41, 5.74) is -0.621. The van der Waals surface area contributed by atoms with Crippen LogP contribution >= 0.6 is 0 Å². The van der Waals surface area contributed by atoms with E-state index < -0.39 is 40.6 Å². The van der Waals surface area contributed by atoms with Crippen molar-refractivity contribution in [2.75, 3.05) is 13.1 Å². The van der Waals surface area contributed by atoms with Gasteiger partial charge in [-0.2, -0.15) is 9.37 Å². The third-order valence-corrected chi connectivity index (χ3v) is 3.37. The third-order valence-electron chi connectivity index (χ3n) is 3.37. The molecular formula is C13H10F3N3O3. The number of carbonyl (C=O) groups is 1. The Bertz CT molecular complexity index is 742. The van der Waals surface area contributed by atoms with Crippen LogP contribution in [0.2, 0.25) is 0 Å². The van der Waals surface area contributed by atoms with E-state index >= 15 is 0 Å². The average molecular weight is 313 g/mol. The molecule has 2 heterocycles. The molecule has 0 saturated carbocycles. The van der Waals surface area contributed by atoms with Crippen LogP contribution in [0.15, 0.2) is 10.6 Å². The van der Waals surface area contributed by atoms with Gasteiger partial charge in [0.25, 0.3) is 17.6 Å². The maximum Gasteiger partial charge on any atom is 0.295 e. The topological polar surface area (TPSA) is 79.5 Å². The van der Waals surface area contributed by atoms with E-state index in [1.54, 1.807) is 0 Å². The van der Waals surface area contributed by atoms with Crippen LogP contribution in [0.3, 0.4) is 0 Å². The number of carbonyl (C=O) groups excluding carboxylic acids is 1. The molecule has 0 atom stereocenters. The zero-order valence-corrected chi connectivity index (χ0v) is 11.1. The second-order valence-corrected chi connectivity index (χ2v) is 4.80. The number of rotatable bonds is 2. The van der Waals surface area contributed by atoms with E-state index in [4.69, 9.17) is 9.63 Å². The fraction of sp³-hybridized carbons (Fsp3) is 0.308. The number of aromatic hydroxyl groups is 1. The van der Waals surface area contributed by atoms with Crippen LogP contribution in [0.25, 0.3) is 11.5 Å². The quantitative estimate of drug-likeness (QED) is 0.859. The lowest BCUT2D eigenvalue weighted by Crippen LogP contribution is -2.28. The first kappa shape index (κ1) is 14.4. The number of aromatic nitrogens is 2. The minimum Gasteiger partial charge on any atom is -0.503 e. The number of likely N-dealkylation sites (tertiary alicyclic amines) is 1. The maximum atomic E-state index is 13.8. The van der Waals surface area contributed by atoms with E-state index in [0.29, 0.717) is 19.2 Å². The standard InChI is InChI=1S/C13H10F3N3O3/c14-7-5-6(8(15)10(20)9(7)16)12-17-11(18-22-12)13(21)19-3-1-2-4-19/h5,20H,1-4H2. The van der Waals surface area contributed by atoms with E-state index in [9.17, 15) is 18.0 Å². The molecule has 1 amide bonds. The first-order chi connectivity index (χ1) is 10.5. The molecule has 1 aliphatic heterocycles. The molecule has 1 aromatic heterocycles.